The number of aromatic amines is 1. The molecule has 0 fully saturated rings. The summed E-state index contributed by atoms with van der Waals surface area (Å²) in [6.07, 6.45) is 0. The molecule has 7 heteroatoms. The number of hydrogen-bond acceptors (Lipinski definition) is 3. The van der Waals surface area contributed by atoms with Crippen molar-refractivity contribution in [1.29, 1.82) is 0 Å². The van der Waals surface area contributed by atoms with Gasteiger partial charge in [-0.15, -0.1) is 0 Å². The predicted octanol–water partition coefficient (Wildman–Crippen LogP) is 2.20. The Kier molecular flexibility index (Phi) is 4.47. The van der Waals surface area contributed by atoms with Gasteiger partial charge in [0, 0.05) is 32.3 Å². The van der Waals surface area contributed by atoms with Crippen molar-refractivity contribution >= 4 is 29.0 Å². The number of rotatable bonds is 3. The van der Waals surface area contributed by atoms with Gasteiger partial charge in [0.15, 0.2) is 0 Å². The minimum Gasteiger partial charge on any atom is -0.314 e. The standard InChI is InChI=1S/C16H18ClN3O3/c1-8-6-7-11(13(17)14(8)19(4)10(3)21)15(22)12-9(2)18-20(5)16(12)23/h6-7,18H,1-5H3. The zero-order chi connectivity index (χ0) is 17.5. The van der Waals surface area contributed by atoms with E-state index in [1.54, 1.807) is 33.0 Å². The van der Waals surface area contributed by atoms with Gasteiger partial charge < -0.3 is 4.90 Å². The topological polar surface area (TPSA) is 75.2 Å². The lowest BCUT2D eigenvalue weighted by molar-refractivity contribution is -0.116. The highest BCUT2D eigenvalue weighted by Crippen LogP contribution is 2.33. The minimum atomic E-state index is -0.465. The molecule has 1 N–H and O–H groups in total. The van der Waals surface area contributed by atoms with Crippen molar-refractivity contribution in [2.24, 2.45) is 7.05 Å². The fourth-order valence-electron chi connectivity index (χ4n) is 2.49. The van der Waals surface area contributed by atoms with Gasteiger partial charge in [-0.05, 0) is 25.5 Å². The molecule has 23 heavy (non-hydrogen) atoms. The van der Waals surface area contributed by atoms with E-state index in [1.807, 2.05) is 0 Å². The molecule has 2 aromatic rings. The third-order valence-corrected chi connectivity index (χ3v) is 4.21. The highest BCUT2D eigenvalue weighted by Gasteiger charge is 2.24. The number of aryl methyl sites for hydroxylation is 3. The van der Waals surface area contributed by atoms with Gasteiger partial charge >= 0.3 is 0 Å². The summed E-state index contributed by atoms with van der Waals surface area (Å²) in [6.45, 7) is 4.87. The molecule has 0 aliphatic rings. The maximum Gasteiger partial charge on any atom is 0.277 e. The number of carbonyl (C=O) groups excluding carboxylic acids is 2. The van der Waals surface area contributed by atoms with Crippen LogP contribution in [0, 0.1) is 13.8 Å². The van der Waals surface area contributed by atoms with E-state index in [-0.39, 0.29) is 22.1 Å². The van der Waals surface area contributed by atoms with E-state index in [4.69, 9.17) is 11.6 Å². The molecule has 1 aromatic heterocycles. The monoisotopic (exact) mass is 335 g/mol. The van der Waals surface area contributed by atoms with Crippen molar-refractivity contribution in [2.45, 2.75) is 20.8 Å². The molecule has 1 aromatic carbocycles. The van der Waals surface area contributed by atoms with Crippen molar-refractivity contribution in [3.05, 3.63) is 49.9 Å². The van der Waals surface area contributed by atoms with Gasteiger partial charge in [-0.25, -0.2) is 0 Å². The lowest BCUT2D eigenvalue weighted by atomic mass is 10.0. The fraction of sp³-hybridized carbons (Fsp3) is 0.312. The fourth-order valence-corrected chi connectivity index (χ4v) is 2.92. The van der Waals surface area contributed by atoms with Gasteiger partial charge in [-0.2, -0.15) is 0 Å². The maximum atomic E-state index is 12.8. The number of H-pyrrole nitrogens is 1. The van der Waals surface area contributed by atoms with Crippen LogP contribution in [0.2, 0.25) is 5.02 Å². The Morgan fingerprint density at radius 3 is 2.35 bits per heavy atom. The summed E-state index contributed by atoms with van der Waals surface area (Å²) in [5.74, 6) is -0.666. The van der Waals surface area contributed by atoms with Crippen LogP contribution in [0.25, 0.3) is 0 Å². The van der Waals surface area contributed by atoms with Crippen LogP contribution in [-0.4, -0.2) is 28.5 Å². The number of halogens is 1. The quantitative estimate of drug-likeness (QED) is 0.874. The van der Waals surface area contributed by atoms with Crippen LogP contribution in [0.3, 0.4) is 0 Å². The van der Waals surface area contributed by atoms with E-state index in [2.05, 4.69) is 5.10 Å². The minimum absolute atomic E-state index is 0.0506. The van der Waals surface area contributed by atoms with Crippen molar-refractivity contribution < 1.29 is 9.59 Å². The average molecular weight is 336 g/mol. The predicted molar refractivity (Wildman–Crippen MR) is 89.5 cm³/mol. The summed E-state index contributed by atoms with van der Waals surface area (Å²) in [5, 5.41) is 2.95. The number of ketones is 1. The third kappa shape index (κ3) is 2.82. The Labute approximate surface area is 138 Å². The van der Waals surface area contributed by atoms with Crippen LogP contribution in [0.5, 0.6) is 0 Å². The molecule has 0 saturated carbocycles. The van der Waals surface area contributed by atoms with Gasteiger partial charge in [0.1, 0.15) is 5.56 Å². The molecule has 0 aliphatic heterocycles. The summed E-state index contributed by atoms with van der Waals surface area (Å²) < 4.78 is 1.24. The van der Waals surface area contributed by atoms with Gasteiger partial charge in [0.2, 0.25) is 11.7 Å². The molecule has 0 bridgehead atoms. The maximum absolute atomic E-state index is 12.8. The van der Waals surface area contributed by atoms with Gasteiger partial charge in [-0.1, -0.05) is 17.7 Å². The molecular weight excluding hydrogens is 318 g/mol. The molecule has 122 valence electrons. The summed E-state index contributed by atoms with van der Waals surface area (Å²) in [7, 11) is 3.13. The second-order valence-electron chi connectivity index (χ2n) is 5.48. The van der Waals surface area contributed by atoms with Crippen molar-refractivity contribution in [2.75, 3.05) is 11.9 Å². The number of nitrogens with one attached hydrogen (secondary N) is 1. The largest absolute Gasteiger partial charge is 0.314 e. The van der Waals surface area contributed by atoms with E-state index in [0.717, 1.165) is 5.56 Å². The van der Waals surface area contributed by atoms with Crippen LogP contribution in [0.15, 0.2) is 16.9 Å². The van der Waals surface area contributed by atoms with Crippen LogP contribution >= 0.6 is 11.6 Å². The lowest BCUT2D eigenvalue weighted by Gasteiger charge is -2.20. The Morgan fingerprint density at radius 2 is 1.87 bits per heavy atom. The summed E-state index contributed by atoms with van der Waals surface area (Å²) in [6, 6.07) is 3.28. The Bertz CT molecular complexity index is 864. The normalized spacial score (nSPS) is 10.7. The molecule has 0 unspecified atom stereocenters. The zero-order valence-corrected chi connectivity index (χ0v) is 14.4. The highest BCUT2D eigenvalue weighted by molar-refractivity contribution is 6.38. The van der Waals surface area contributed by atoms with Crippen LogP contribution in [-0.2, 0) is 11.8 Å². The summed E-state index contributed by atoms with van der Waals surface area (Å²) in [5.41, 5.74) is 1.54. The smallest absolute Gasteiger partial charge is 0.277 e. The zero-order valence-electron chi connectivity index (χ0n) is 13.7. The van der Waals surface area contributed by atoms with Gasteiger partial charge in [-0.3, -0.25) is 24.2 Å². The third-order valence-electron chi connectivity index (χ3n) is 3.83. The van der Waals surface area contributed by atoms with E-state index in [0.29, 0.717) is 11.4 Å². The number of anilines is 1. The first-order chi connectivity index (χ1) is 10.7. The molecule has 0 aliphatic carbocycles. The number of benzene rings is 1. The van der Waals surface area contributed by atoms with E-state index >= 15 is 0 Å². The summed E-state index contributed by atoms with van der Waals surface area (Å²) in [4.78, 5) is 37.9. The molecule has 0 saturated heterocycles. The molecule has 1 amide bonds. The van der Waals surface area contributed by atoms with Crippen LogP contribution < -0.4 is 10.5 Å². The van der Waals surface area contributed by atoms with E-state index in [9.17, 15) is 14.4 Å². The second kappa shape index (κ2) is 6.04. The lowest BCUT2D eigenvalue weighted by Crippen LogP contribution is -2.25. The van der Waals surface area contributed by atoms with Gasteiger partial charge in [0.05, 0.1) is 10.7 Å². The first-order valence-corrected chi connectivity index (χ1v) is 7.38. The van der Waals surface area contributed by atoms with Crippen molar-refractivity contribution in [3.8, 4) is 0 Å². The summed E-state index contributed by atoms with van der Waals surface area (Å²) >= 11 is 6.38. The Morgan fingerprint density at radius 1 is 1.26 bits per heavy atom. The number of nitrogens with zero attached hydrogens (tertiary/aromatic N) is 2. The molecular formula is C16H18ClN3O3. The molecule has 0 spiro atoms. The first kappa shape index (κ1) is 17.0. The molecule has 2 rings (SSSR count). The first-order valence-electron chi connectivity index (χ1n) is 7.00. The Hall–Kier alpha value is -2.34. The number of carbonyl (C=O) groups is 2. The number of hydrogen-bond donors (Lipinski definition) is 1. The van der Waals surface area contributed by atoms with Crippen LogP contribution in [0.1, 0.15) is 34.1 Å². The Balaban J connectivity index is 2.65. The second-order valence-corrected chi connectivity index (χ2v) is 5.85. The van der Waals surface area contributed by atoms with Gasteiger partial charge in [0.25, 0.3) is 5.56 Å². The van der Waals surface area contributed by atoms with Crippen LogP contribution in [0.4, 0.5) is 5.69 Å². The number of amides is 1. The molecule has 1 heterocycles. The molecule has 0 atom stereocenters. The van der Waals surface area contributed by atoms with Crippen molar-refractivity contribution in [3.63, 3.8) is 0 Å². The SMILES string of the molecule is CC(=O)N(C)c1c(C)ccc(C(=O)c2c(C)[nH]n(C)c2=O)c1Cl. The van der Waals surface area contributed by atoms with E-state index < -0.39 is 11.3 Å². The van der Waals surface area contributed by atoms with Crippen molar-refractivity contribution in [1.82, 2.24) is 9.78 Å². The average Bonchev–Trinajstić information content (AvgIpc) is 2.71. The molecule has 6 nitrogen and oxygen atoms in total. The highest BCUT2D eigenvalue weighted by atomic mass is 35.5. The molecule has 0 radical (unpaired) electrons. The number of aromatic nitrogens is 2. The van der Waals surface area contributed by atoms with E-state index in [1.165, 1.54) is 23.6 Å².